The average Bonchev–Trinajstić information content (AvgIpc) is 2.43. The Morgan fingerprint density at radius 1 is 1.11 bits per heavy atom. The highest BCUT2D eigenvalue weighted by atomic mass is 79.9. The third-order valence-electron chi connectivity index (χ3n) is 2.61. The van der Waals surface area contributed by atoms with Crippen LogP contribution in [0, 0.1) is 18.8 Å². The largest absolute Gasteiger partial charge is 0.315 e. The quantitative estimate of drug-likeness (QED) is 0.798. The number of nitrogens with one attached hydrogen (secondary N) is 1. The fourth-order valence-corrected chi connectivity index (χ4v) is 1.91. The molecule has 0 saturated carbocycles. The molecule has 2 nitrogen and oxygen atoms in total. The lowest BCUT2D eigenvalue weighted by Gasteiger charge is -2.06. The second kappa shape index (κ2) is 6.21. The SMILES string of the molecule is Cc1c(Br)cccc1NC(=O)C#Cc1ccccc1. The third kappa shape index (κ3) is 3.70. The third-order valence-corrected chi connectivity index (χ3v) is 3.47. The average molecular weight is 314 g/mol. The van der Waals surface area contributed by atoms with Crippen molar-refractivity contribution < 1.29 is 4.79 Å². The van der Waals surface area contributed by atoms with Crippen LogP contribution in [0.4, 0.5) is 5.69 Å². The van der Waals surface area contributed by atoms with Crippen LogP contribution in [-0.4, -0.2) is 5.91 Å². The summed E-state index contributed by atoms with van der Waals surface area (Å²) in [7, 11) is 0. The first-order valence-electron chi connectivity index (χ1n) is 5.80. The second-order valence-electron chi connectivity index (χ2n) is 3.98. The predicted molar refractivity (Wildman–Crippen MR) is 80.8 cm³/mol. The molecule has 0 atom stereocenters. The number of amides is 1. The first-order valence-corrected chi connectivity index (χ1v) is 6.59. The molecular formula is C16H12BrNO. The summed E-state index contributed by atoms with van der Waals surface area (Å²) in [5.74, 6) is 5.09. The van der Waals surface area contributed by atoms with E-state index in [4.69, 9.17) is 0 Å². The molecule has 0 saturated heterocycles. The maximum Gasteiger partial charge on any atom is 0.300 e. The van der Waals surface area contributed by atoms with Crippen LogP contribution < -0.4 is 5.32 Å². The summed E-state index contributed by atoms with van der Waals surface area (Å²) in [6, 6.07) is 15.1. The van der Waals surface area contributed by atoms with Gasteiger partial charge in [0.05, 0.1) is 0 Å². The van der Waals surface area contributed by atoms with Crippen molar-refractivity contribution in [3.8, 4) is 11.8 Å². The van der Waals surface area contributed by atoms with Gasteiger partial charge in [0.25, 0.3) is 0 Å². The van der Waals surface area contributed by atoms with Crippen molar-refractivity contribution in [2.45, 2.75) is 6.92 Å². The summed E-state index contributed by atoms with van der Waals surface area (Å²) in [5, 5.41) is 2.78. The standard InChI is InChI=1S/C16H12BrNO/c1-12-14(17)8-5-9-15(12)18-16(19)11-10-13-6-3-2-4-7-13/h2-9H,1H3,(H,18,19). The molecule has 0 radical (unpaired) electrons. The Morgan fingerprint density at radius 2 is 1.84 bits per heavy atom. The molecule has 0 aliphatic heterocycles. The van der Waals surface area contributed by atoms with Gasteiger partial charge in [-0.05, 0) is 36.8 Å². The van der Waals surface area contributed by atoms with Gasteiger partial charge >= 0.3 is 5.91 Å². The van der Waals surface area contributed by atoms with Gasteiger partial charge < -0.3 is 5.32 Å². The lowest BCUT2D eigenvalue weighted by atomic mass is 10.2. The molecule has 0 heterocycles. The summed E-state index contributed by atoms with van der Waals surface area (Å²) >= 11 is 3.42. The minimum atomic E-state index is -0.315. The Bertz CT molecular complexity index is 653. The molecule has 0 aromatic heterocycles. The molecule has 2 rings (SSSR count). The molecule has 0 unspecified atom stereocenters. The van der Waals surface area contributed by atoms with Crippen molar-refractivity contribution in [3.05, 3.63) is 64.1 Å². The van der Waals surface area contributed by atoms with E-state index >= 15 is 0 Å². The van der Waals surface area contributed by atoms with Gasteiger partial charge in [-0.25, -0.2) is 0 Å². The van der Waals surface area contributed by atoms with Gasteiger partial charge in [-0.2, -0.15) is 0 Å². The van der Waals surface area contributed by atoms with Crippen molar-refractivity contribution in [1.29, 1.82) is 0 Å². The second-order valence-corrected chi connectivity index (χ2v) is 4.84. The minimum absolute atomic E-state index is 0.315. The van der Waals surface area contributed by atoms with Gasteiger partial charge in [0.15, 0.2) is 0 Å². The highest BCUT2D eigenvalue weighted by Crippen LogP contribution is 2.23. The van der Waals surface area contributed by atoms with Gasteiger partial charge in [0, 0.05) is 21.6 Å². The molecule has 2 aromatic rings. The zero-order chi connectivity index (χ0) is 13.7. The van der Waals surface area contributed by atoms with Crippen LogP contribution in [0.15, 0.2) is 53.0 Å². The molecule has 0 fully saturated rings. The van der Waals surface area contributed by atoms with E-state index in [0.29, 0.717) is 0 Å². The van der Waals surface area contributed by atoms with Gasteiger partial charge in [-0.1, -0.05) is 46.1 Å². The van der Waals surface area contributed by atoms with E-state index < -0.39 is 0 Å². The predicted octanol–water partition coefficient (Wildman–Crippen LogP) is 3.75. The smallest absolute Gasteiger partial charge is 0.300 e. The van der Waals surface area contributed by atoms with E-state index in [9.17, 15) is 4.79 Å². The number of anilines is 1. The molecule has 1 N–H and O–H groups in total. The van der Waals surface area contributed by atoms with Crippen molar-refractivity contribution >= 4 is 27.5 Å². The normalized spacial score (nSPS) is 9.37. The van der Waals surface area contributed by atoms with Crippen molar-refractivity contribution in [3.63, 3.8) is 0 Å². The first kappa shape index (κ1) is 13.4. The van der Waals surface area contributed by atoms with E-state index in [1.165, 1.54) is 0 Å². The maximum absolute atomic E-state index is 11.7. The Labute approximate surface area is 121 Å². The zero-order valence-electron chi connectivity index (χ0n) is 10.4. The minimum Gasteiger partial charge on any atom is -0.315 e. The van der Waals surface area contributed by atoms with Gasteiger partial charge in [-0.15, -0.1) is 0 Å². The fourth-order valence-electron chi connectivity index (χ4n) is 1.55. The summed E-state index contributed by atoms with van der Waals surface area (Å²) in [6.45, 7) is 1.93. The fraction of sp³-hybridized carbons (Fsp3) is 0.0625. The number of halogens is 1. The van der Waals surface area contributed by atoms with Crippen LogP contribution in [0.1, 0.15) is 11.1 Å². The molecule has 2 aromatic carbocycles. The first-order chi connectivity index (χ1) is 9.16. The number of rotatable bonds is 1. The van der Waals surface area contributed by atoms with Crippen LogP contribution in [0.3, 0.4) is 0 Å². The lowest BCUT2D eigenvalue weighted by molar-refractivity contribution is -0.111. The highest BCUT2D eigenvalue weighted by molar-refractivity contribution is 9.10. The van der Waals surface area contributed by atoms with Crippen LogP contribution in [0.25, 0.3) is 0 Å². The lowest BCUT2D eigenvalue weighted by Crippen LogP contribution is -2.09. The van der Waals surface area contributed by atoms with Crippen LogP contribution in [-0.2, 0) is 4.79 Å². The van der Waals surface area contributed by atoms with Crippen molar-refractivity contribution in [2.24, 2.45) is 0 Å². The Balaban J connectivity index is 2.11. The van der Waals surface area contributed by atoms with Gasteiger partial charge in [0.1, 0.15) is 0 Å². The van der Waals surface area contributed by atoms with Gasteiger partial charge in [-0.3, -0.25) is 4.79 Å². The highest BCUT2D eigenvalue weighted by Gasteiger charge is 2.03. The van der Waals surface area contributed by atoms with E-state index in [1.54, 1.807) is 0 Å². The molecule has 1 amide bonds. The van der Waals surface area contributed by atoms with Crippen molar-refractivity contribution in [2.75, 3.05) is 5.32 Å². The van der Waals surface area contributed by atoms with E-state index in [1.807, 2.05) is 55.5 Å². The Morgan fingerprint density at radius 3 is 2.58 bits per heavy atom. The number of benzene rings is 2. The van der Waals surface area contributed by atoms with Crippen LogP contribution >= 0.6 is 15.9 Å². The number of hydrogen-bond donors (Lipinski definition) is 1. The van der Waals surface area contributed by atoms with Gasteiger partial charge in [0.2, 0.25) is 0 Å². The number of carbonyl (C=O) groups is 1. The molecular weight excluding hydrogens is 302 g/mol. The summed E-state index contributed by atoms with van der Waals surface area (Å²) < 4.78 is 0.960. The molecule has 19 heavy (non-hydrogen) atoms. The summed E-state index contributed by atoms with van der Waals surface area (Å²) in [4.78, 5) is 11.7. The van der Waals surface area contributed by atoms with Crippen molar-refractivity contribution in [1.82, 2.24) is 0 Å². The molecule has 94 valence electrons. The monoisotopic (exact) mass is 313 g/mol. The molecule has 0 bridgehead atoms. The zero-order valence-corrected chi connectivity index (χ0v) is 12.0. The van der Waals surface area contributed by atoms with E-state index in [2.05, 4.69) is 33.1 Å². The topological polar surface area (TPSA) is 29.1 Å². The molecule has 0 spiro atoms. The molecule has 3 heteroatoms. The van der Waals surface area contributed by atoms with Crippen LogP contribution in [0.5, 0.6) is 0 Å². The Kier molecular flexibility index (Phi) is 4.38. The number of hydrogen-bond acceptors (Lipinski definition) is 1. The summed E-state index contributed by atoms with van der Waals surface area (Å²) in [5.41, 5.74) is 2.57. The number of carbonyl (C=O) groups excluding carboxylic acids is 1. The van der Waals surface area contributed by atoms with E-state index in [0.717, 1.165) is 21.3 Å². The Hall–Kier alpha value is -2.05. The maximum atomic E-state index is 11.7. The summed E-state index contributed by atoms with van der Waals surface area (Å²) in [6.07, 6.45) is 0. The molecule has 0 aliphatic rings. The van der Waals surface area contributed by atoms with E-state index in [-0.39, 0.29) is 5.91 Å². The molecule has 0 aliphatic carbocycles. The van der Waals surface area contributed by atoms with Crippen LogP contribution in [0.2, 0.25) is 0 Å².